The van der Waals surface area contributed by atoms with E-state index in [0.717, 1.165) is 24.3 Å². The summed E-state index contributed by atoms with van der Waals surface area (Å²) in [5, 5.41) is 6.24. The van der Waals surface area contributed by atoms with Gasteiger partial charge in [0.1, 0.15) is 0 Å². The molecule has 0 aromatic carbocycles. The van der Waals surface area contributed by atoms with Crippen molar-refractivity contribution < 1.29 is 9.53 Å². The normalized spacial score (nSPS) is 34.4. The number of rotatable bonds is 3. The molecule has 0 spiro atoms. The highest BCUT2D eigenvalue weighted by atomic mass is 32.2. The quantitative estimate of drug-likeness (QED) is 0.836. The molecule has 0 aromatic rings. The molecule has 1 aliphatic heterocycles. The lowest BCUT2D eigenvalue weighted by molar-refractivity contribution is -0.140. The van der Waals surface area contributed by atoms with E-state index in [1.54, 1.807) is 7.11 Å². The molecule has 110 valence electrons. The molecule has 2 rings (SSSR count). The van der Waals surface area contributed by atoms with Gasteiger partial charge >= 0.3 is 6.03 Å². The standard InChI is InChI=1S/C14H26N2O2S/c1-9-11(14(2,3)12(9)18-4)16-13(17)15-10-5-7-19-8-6-10/h9-12H,5-8H2,1-4H3,(H2,15,16,17). The molecule has 3 unspecified atom stereocenters. The Labute approximate surface area is 120 Å². The highest BCUT2D eigenvalue weighted by Crippen LogP contribution is 2.46. The summed E-state index contributed by atoms with van der Waals surface area (Å²) in [5.41, 5.74) is 0.00786. The Hall–Kier alpha value is -0.420. The molecule has 2 aliphatic rings. The SMILES string of the molecule is COC1C(C)C(NC(=O)NC2CCSCC2)C1(C)C. The van der Waals surface area contributed by atoms with Crippen LogP contribution in [0.25, 0.3) is 0 Å². The number of ether oxygens (including phenoxy) is 1. The molecule has 3 atom stereocenters. The second-order valence-electron chi connectivity index (χ2n) is 6.32. The molecule has 19 heavy (non-hydrogen) atoms. The maximum atomic E-state index is 12.1. The Morgan fingerprint density at radius 2 is 1.89 bits per heavy atom. The maximum absolute atomic E-state index is 12.1. The fourth-order valence-electron chi connectivity index (χ4n) is 3.63. The van der Waals surface area contributed by atoms with E-state index in [1.807, 2.05) is 11.8 Å². The molecule has 0 radical (unpaired) electrons. The first-order valence-electron chi connectivity index (χ1n) is 7.14. The minimum atomic E-state index is -0.0172. The number of carbonyl (C=O) groups is 1. The van der Waals surface area contributed by atoms with Crippen LogP contribution in [0.5, 0.6) is 0 Å². The van der Waals surface area contributed by atoms with Crippen LogP contribution in [0, 0.1) is 11.3 Å². The molecule has 1 saturated carbocycles. The van der Waals surface area contributed by atoms with Crippen LogP contribution in [0.15, 0.2) is 0 Å². The van der Waals surface area contributed by atoms with E-state index >= 15 is 0 Å². The summed E-state index contributed by atoms with van der Waals surface area (Å²) in [7, 11) is 1.75. The topological polar surface area (TPSA) is 50.4 Å². The monoisotopic (exact) mass is 286 g/mol. The second-order valence-corrected chi connectivity index (χ2v) is 7.54. The fraction of sp³-hybridized carbons (Fsp3) is 0.929. The Bertz CT molecular complexity index is 329. The Morgan fingerprint density at radius 1 is 1.26 bits per heavy atom. The molecule has 2 amide bonds. The van der Waals surface area contributed by atoms with E-state index < -0.39 is 0 Å². The van der Waals surface area contributed by atoms with E-state index in [1.165, 1.54) is 0 Å². The van der Waals surface area contributed by atoms with Crippen LogP contribution in [0.4, 0.5) is 4.79 Å². The van der Waals surface area contributed by atoms with Gasteiger partial charge in [0.05, 0.1) is 6.10 Å². The van der Waals surface area contributed by atoms with Gasteiger partial charge in [-0.15, -0.1) is 0 Å². The van der Waals surface area contributed by atoms with Crippen molar-refractivity contribution >= 4 is 17.8 Å². The van der Waals surface area contributed by atoms with E-state index in [0.29, 0.717) is 12.0 Å². The van der Waals surface area contributed by atoms with E-state index in [4.69, 9.17) is 4.74 Å². The highest BCUT2D eigenvalue weighted by molar-refractivity contribution is 7.99. The third-order valence-electron chi connectivity index (χ3n) is 4.64. The number of hydrogen-bond acceptors (Lipinski definition) is 3. The van der Waals surface area contributed by atoms with Crippen LogP contribution in [0.1, 0.15) is 33.6 Å². The zero-order valence-electron chi connectivity index (χ0n) is 12.4. The summed E-state index contributed by atoms with van der Waals surface area (Å²) in [6.45, 7) is 6.45. The lowest BCUT2D eigenvalue weighted by Crippen LogP contribution is -2.69. The molecule has 5 heteroatoms. The van der Waals surface area contributed by atoms with Gasteiger partial charge in [-0.2, -0.15) is 11.8 Å². The van der Waals surface area contributed by atoms with Gasteiger partial charge in [-0.3, -0.25) is 0 Å². The summed E-state index contributed by atoms with van der Waals surface area (Å²) in [6.07, 6.45) is 2.40. The average molecular weight is 286 g/mol. The van der Waals surface area contributed by atoms with Crippen molar-refractivity contribution in [2.24, 2.45) is 11.3 Å². The molecule has 4 nitrogen and oxygen atoms in total. The largest absolute Gasteiger partial charge is 0.380 e. The summed E-state index contributed by atoms with van der Waals surface area (Å²) in [6, 6.07) is 0.518. The average Bonchev–Trinajstić information content (AvgIpc) is 2.37. The van der Waals surface area contributed by atoms with Gasteiger partial charge in [-0.05, 0) is 24.3 Å². The maximum Gasteiger partial charge on any atom is 0.315 e. The van der Waals surface area contributed by atoms with Gasteiger partial charge in [0, 0.05) is 30.5 Å². The van der Waals surface area contributed by atoms with Crippen LogP contribution in [-0.4, -0.2) is 42.8 Å². The van der Waals surface area contributed by atoms with E-state index in [2.05, 4.69) is 31.4 Å². The third kappa shape index (κ3) is 3.02. The smallest absolute Gasteiger partial charge is 0.315 e. The van der Waals surface area contributed by atoms with Gasteiger partial charge in [0.2, 0.25) is 0 Å². The summed E-state index contributed by atoms with van der Waals surface area (Å²) < 4.78 is 5.50. The number of amides is 2. The van der Waals surface area contributed by atoms with Gasteiger partial charge in [0.25, 0.3) is 0 Å². The van der Waals surface area contributed by atoms with E-state index in [-0.39, 0.29) is 23.6 Å². The van der Waals surface area contributed by atoms with Crippen LogP contribution in [0.2, 0.25) is 0 Å². The summed E-state index contributed by atoms with van der Waals surface area (Å²) in [4.78, 5) is 12.1. The Balaban J connectivity index is 1.82. The minimum absolute atomic E-state index is 0.00786. The fourth-order valence-corrected chi connectivity index (χ4v) is 4.74. The molecular formula is C14H26N2O2S. The van der Waals surface area contributed by atoms with Crippen molar-refractivity contribution in [3.63, 3.8) is 0 Å². The predicted octanol–water partition coefficient (Wildman–Crippen LogP) is 2.24. The van der Waals surface area contributed by atoms with Crippen molar-refractivity contribution in [3.05, 3.63) is 0 Å². The zero-order chi connectivity index (χ0) is 14.0. The van der Waals surface area contributed by atoms with Crippen LogP contribution in [-0.2, 0) is 4.74 Å². The Kier molecular flexibility index (Phi) is 4.66. The number of hydrogen-bond donors (Lipinski definition) is 2. The van der Waals surface area contributed by atoms with Crippen molar-refractivity contribution in [2.45, 2.75) is 51.8 Å². The number of thioether (sulfide) groups is 1. The van der Waals surface area contributed by atoms with Crippen molar-refractivity contribution in [2.75, 3.05) is 18.6 Å². The lowest BCUT2D eigenvalue weighted by atomic mass is 9.58. The zero-order valence-corrected chi connectivity index (χ0v) is 13.2. The highest BCUT2D eigenvalue weighted by Gasteiger charge is 2.55. The molecule has 1 saturated heterocycles. The van der Waals surface area contributed by atoms with Gasteiger partial charge in [-0.1, -0.05) is 20.8 Å². The number of urea groups is 1. The lowest BCUT2D eigenvalue weighted by Gasteiger charge is -2.56. The molecular weight excluding hydrogens is 260 g/mol. The molecule has 1 aliphatic carbocycles. The van der Waals surface area contributed by atoms with Crippen molar-refractivity contribution in [1.82, 2.24) is 10.6 Å². The Morgan fingerprint density at radius 3 is 2.42 bits per heavy atom. The van der Waals surface area contributed by atoms with Crippen LogP contribution < -0.4 is 10.6 Å². The van der Waals surface area contributed by atoms with Crippen molar-refractivity contribution in [1.29, 1.82) is 0 Å². The van der Waals surface area contributed by atoms with Crippen LogP contribution >= 0.6 is 11.8 Å². The van der Waals surface area contributed by atoms with Gasteiger partial charge in [-0.25, -0.2) is 4.79 Å². The molecule has 1 heterocycles. The van der Waals surface area contributed by atoms with E-state index in [9.17, 15) is 4.79 Å². The summed E-state index contributed by atoms with van der Waals surface area (Å²) in [5.74, 6) is 2.68. The van der Waals surface area contributed by atoms with Gasteiger partial charge < -0.3 is 15.4 Å². The first-order chi connectivity index (χ1) is 8.96. The van der Waals surface area contributed by atoms with Crippen molar-refractivity contribution in [3.8, 4) is 0 Å². The number of methoxy groups -OCH3 is 1. The first-order valence-corrected chi connectivity index (χ1v) is 8.30. The molecule has 0 aromatic heterocycles. The minimum Gasteiger partial charge on any atom is -0.380 e. The van der Waals surface area contributed by atoms with Gasteiger partial charge in [0.15, 0.2) is 0 Å². The molecule has 2 N–H and O–H groups in total. The first kappa shape index (κ1) is 15.0. The molecule has 0 bridgehead atoms. The summed E-state index contributed by atoms with van der Waals surface area (Å²) >= 11 is 1.97. The third-order valence-corrected chi connectivity index (χ3v) is 5.68. The molecule has 2 fully saturated rings. The van der Waals surface area contributed by atoms with Crippen LogP contribution in [0.3, 0.4) is 0 Å². The predicted molar refractivity (Wildman–Crippen MR) is 79.5 cm³/mol. The number of carbonyl (C=O) groups excluding carboxylic acids is 1. The second kappa shape index (κ2) is 5.92. The number of nitrogens with one attached hydrogen (secondary N) is 2.